The monoisotopic (exact) mass is 475 g/mol. The van der Waals surface area contributed by atoms with Crippen LogP contribution < -0.4 is 10.6 Å². The molecule has 3 N–H and O–H groups in total. The van der Waals surface area contributed by atoms with E-state index in [1.54, 1.807) is 0 Å². The SMILES string of the molecule is O=C(NCCn1cc(C(=O)NC[C@H]2C[C@H]2C(=O)O)nn1)OCC1c2ccccc2-c2ccccc21. The number of aliphatic carboxylic acids is 1. The molecule has 35 heavy (non-hydrogen) atoms. The summed E-state index contributed by atoms with van der Waals surface area (Å²) in [7, 11) is 0. The van der Waals surface area contributed by atoms with Crippen LogP contribution in [0.25, 0.3) is 11.1 Å². The van der Waals surface area contributed by atoms with E-state index in [-0.39, 0.29) is 36.6 Å². The lowest BCUT2D eigenvalue weighted by Gasteiger charge is -2.14. The highest BCUT2D eigenvalue weighted by molar-refractivity contribution is 5.91. The molecule has 2 amide bonds. The number of carboxylic acid groups (broad SMARTS) is 1. The molecule has 180 valence electrons. The summed E-state index contributed by atoms with van der Waals surface area (Å²) >= 11 is 0. The molecule has 2 aliphatic rings. The number of carboxylic acids is 1. The van der Waals surface area contributed by atoms with Gasteiger partial charge in [0, 0.05) is 19.0 Å². The Morgan fingerprint density at radius 3 is 2.37 bits per heavy atom. The lowest BCUT2D eigenvalue weighted by Crippen LogP contribution is -2.29. The largest absolute Gasteiger partial charge is 0.481 e. The highest BCUT2D eigenvalue weighted by Gasteiger charge is 2.43. The van der Waals surface area contributed by atoms with Crippen molar-refractivity contribution in [2.24, 2.45) is 11.8 Å². The summed E-state index contributed by atoms with van der Waals surface area (Å²) in [5.74, 6) is -1.66. The zero-order valence-electron chi connectivity index (χ0n) is 18.9. The highest BCUT2D eigenvalue weighted by atomic mass is 16.5. The average molecular weight is 476 g/mol. The van der Waals surface area contributed by atoms with Gasteiger partial charge in [-0.15, -0.1) is 5.10 Å². The first-order chi connectivity index (χ1) is 17.0. The van der Waals surface area contributed by atoms with Crippen LogP contribution in [0.4, 0.5) is 4.79 Å². The van der Waals surface area contributed by atoms with E-state index in [9.17, 15) is 14.4 Å². The number of hydrogen-bond acceptors (Lipinski definition) is 6. The Labute approximate surface area is 201 Å². The standard InChI is InChI=1S/C25H25N5O5/c31-23(27-12-15-11-20(15)24(32)33)22-13-30(29-28-22)10-9-26-25(34)35-14-21-18-7-3-1-5-16(18)17-6-2-4-8-19(17)21/h1-8,13,15,20-21H,9-12,14H2,(H,26,34)(H,27,31)(H,32,33)/t15-,20-/m1/s1. The summed E-state index contributed by atoms with van der Waals surface area (Å²) in [6, 6.07) is 16.3. The number of aromatic nitrogens is 3. The fourth-order valence-electron chi connectivity index (χ4n) is 4.52. The van der Waals surface area contributed by atoms with E-state index >= 15 is 0 Å². The van der Waals surface area contributed by atoms with Crippen molar-refractivity contribution in [3.63, 3.8) is 0 Å². The Morgan fingerprint density at radius 1 is 1.03 bits per heavy atom. The van der Waals surface area contributed by atoms with E-state index < -0.39 is 18.0 Å². The molecule has 0 bridgehead atoms. The first-order valence-electron chi connectivity index (χ1n) is 11.5. The fourth-order valence-corrected chi connectivity index (χ4v) is 4.52. The van der Waals surface area contributed by atoms with E-state index in [0.717, 1.165) is 11.1 Å². The van der Waals surface area contributed by atoms with E-state index in [2.05, 4.69) is 45.2 Å². The minimum atomic E-state index is -0.834. The molecule has 10 nitrogen and oxygen atoms in total. The van der Waals surface area contributed by atoms with Gasteiger partial charge in [-0.3, -0.25) is 9.59 Å². The Balaban J connectivity index is 1.06. The van der Waals surface area contributed by atoms with Gasteiger partial charge in [-0.2, -0.15) is 0 Å². The molecular weight excluding hydrogens is 450 g/mol. The lowest BCUT2D eigenvalue weighted by molar-refractivity contribution is -0.138. The van der Waals surface area contributed by atoms with Crippen molar-refractivity contribution < 1.29 is 24.2 Å². The van der Waals surface area contributed by atoms with Crippen molar-refractivity contribution in [2.75, 3.05) is 19.7 Å². The molecule has 1 aromatic heterocycles. The van der Waals surface area contributed by atoms with Crippen LogP contribution in [0.15, 0.2) is 54.7 Å². The molecule has 0 saturated heterocycles. The van der Waals surface area contributed by atoms with Gasteiger partial charge >= 0.3 is 12.1 Å². The Morgan fingerprint density at radius 2 is 1.71 bits per heavy atom. The van der Waals surface area contributed by atoms with Gasteiger partial charge in [-0.05, 0) is 34.6 Å². The van der Waals surface area contributed by atoms with Gasteiger partial charge in [0.15, 0.2) is 5.69 Å². The normalized spacial score (nSPS) is 17.8. The quantitative estimate of drug-likeness (QED) is 0.432. The topological polar surface area (TPSA) is 135 Å². The van der Waals surface area contributed by atoms with Gasteiger partial charge in [0.1, 0.15) is 6.61 Å². The van der Waals surface area contributed by atoms with Crippen molar-refractivity contribution in [3.05, 3.63) is 71.5 Å². The van der Waals surface area contributed by atoms with Crippen LogP contribution in [0.5, 0.6) is 0 Å². The number of carbonyl (C=O) groups excluding carboxylic acids is 2. The van der Waals surface area contributed by atoms with Crippen molar-refractivity contribution in [2.45, 2.75) is 18.9 Å². The minimum Gasteiger partial charge on any atom is -0.481 e. The maximum Gasteiger partial charge on any atom is 0.407 e. The first-order valence-corrected chi connectivity index (χ1v) is 11.5. The molecule has 5 rings (SSSR count). The van der Waals surface area contributed by atoms with E-state index in [4.69, 9.17) is 9.84 Å². The van der Waals surface area contributed by atoms with Crippen LogP contribution in [0.3, 0.4) is 0 Å². The number of nitrogens with zero attached hydrogens (tertiary/aromatic N) is 3. The number of hydrogen-bond donors (Lipinski definition) is 3. The van der Waals surface area contributed by atoms with Crippen molar-refractivity contribution in [1.82, 2.24) is 25.6 Å². The minimum absolute atomic E-state index is 0.00838. The van der Waals surface area contributed by atoms with Crippen LogP contribution in [-0.4, -0.2) is 57.8 Å². The smallest absolute Gasteiger partial charge is 0.407 e. The number of alkyl carbamates (subject to hydrolysis) is 1. The van der Waals surface area contributed by atoms with Crippen molar-refractivity contribution in [1.29, 1.82) is 0 Å². The predicted octanol–water partition coefficient (Wildman–Crippen LogP) is 2.27. The molecule has 1 saturated carbocycles. The summed E-state index contributed by atoms with van der Waals surface area (Å²) in [6.45, 7) is 1.10. The van der Waals surface area contributed by atoms with Gasteiger partial charge in [-0.1, -0.05) is 53.7 Å². The lowest BCUT2D eigenvalue weighted by atomic mass is 9.98. The third-order valence-corrected chi connectivity index (χ3v) is 6.49. The zero-order valence-corrected chi connectivity index (χ0v) is 18.9. The molecule has 1 heterocycles. The van der Waals surface area contributed by atoms with Crippen LogP contribution >= 0.6 is 0 Å². The second-order valence-corrected chi connectivity index (χ2v) is 8.77. The van der Waals surface area contributed by atoms with Gasteiger partial charge in [0.2, 0.25) is 0 Å². The Kier molecular flexibility index (Phi) is 6.17. The molecule has 0 unspecified atom stereocenters. The molecule has 10 heteroatoms. The number of rotatable bonds is 9. The Bertz CT molecular complexity index is 1230. The molecule has 2 aliphatic carbocycles. The third kappa shape index (κ3) is 4.86. The molecule has 0 radical (unpaired) electrons. The van der Waals surface area contributed by atoms with E-state index in [1.807, 2.05) is 24.3 Å². The summed E-state index contributed by atoms with van der Waals surface area (Å²) < 4.78 is 6.96. The summed E-state index contributed by atoms with van der Waals surface area (Å²) in [5, 5.41) is 22.0. The van der Waals surface area contributed by atoms with E-state index in [1.165, 1.54) is 22.0 Å². The average Bonchev–Trinajstić information content (AvgIpc) is 3.38. The summed E-state index contributed by atoms with van der Waals surface area (Å²) in [4.78, 5) is 35.3. The molecule has 3 aromatic rings. The van der Waals surface area contributed by atoms with Gasteiger partial charge in [0.05, 0.1) is 18.7 Å². The third-order valence-electron chi connectivity index (χ3n) is 6.49. The number of carbonyl (C=O) groups is 3. The molecule has 2 atom stereocenters. The van der Waals surface area contributed by atoms with Gasteiger partial charge in [0.25, 0.3) is 5.91 Å². The van der Waals surface area contributed by atoms with E-state index in [0.29, 0.717) is 19.5 Å². The number of amides is 2. The number of fused-ring (bicyclic) bond motifs is 3. The van der Waals surface area contributed by atoms with Crippen LogP contribution in [0, 0.1) is 11.8 Å². The maximum absolute atomic E-state index is 12.3. The predicted molar refractivity (Wildman–Crippen MR) is 125 cm³/mol. The number of benzene rings is 2. The first kappa shape index (κ1) is 22.6. The maximum atomic E-state index is 12.3. The number of ether oxygens (including phenoxy) is 1. The van der Waals surface area contributed by atoms with Crippen LogP contribution in [0.1, 0.15) is 34.0 Å². The summed E-state index contributed by atoms with van der Waals surface area (Å²) in [5.41, 5.74) is 4.77. The second-order valence-electron chi connectivity index (χ2n) is 8.77. The number of nitrogens with one attached hydrogen (secondary N) is 2. The Hall–Kier alpha value is -4.21. The molecule has 0 spiro atoms. The van der Waals surface area contributed by atoms with Gasteiger partial charge in [-0.25, -0.2) is 9.48 Å². The zero-order chi connectivity index (χ0) is 24.4. The fraction of sp³-hybridized carbons (Fsp3) is 0.320. The molecule has 2 aromatic carbocycles. The molecule has 1 fully saturated rings. The van der Waals surface area contributed by atoms with Crippen molar-refractivity contribution >= 4 is 18.0 Å². The van der Waals surface area contributed by atoms with Gasteiger partial charge < -0.3 is 20.5 Å². The van der Waals surface area contributed by atoms with Crippen molar-refractivity contribution in [3.8, 4) is 11.1 Å². The second kappa shape index (κ2) is 9.57. The highest BCUT2D eigenvalue weighted by Crippen LogP contribution is 2.44. The van der Waals surface area contributed by atoms with Crippen LogP contribution in [0.2, 0.25) is 0 Å². The summed E-state index contributed by atoms with van der Waals surface area (Å²) in [6.07, 6.45) is 1.53. The van der Waals surface area contributed by atoms with Crippen LogP contribution in [-0.2, 0) is 16.1 Å². The molecular formula is C25H25N5O5. The molecule has 0 aliphatic heterocycles.